The van der Waals surface area contributed by atoms with Crippen LogP contribution in [0, 0.1) is 11.3 Å². The Kier molecular flexibility index (Phi) is 7.01. The van der Waals surface area contributed by atoms with E-state index in [0.29, 0.717) is 30.7 Å². The van der Waals surface area contributed by atoms with E-state index in [1.165, 1.54) is 5.56 Å². The van der Waals surface area contributed by atoms with Gasteiger partial charge in [0.2, 0.25) is 12.7 Å². The van der Waals surface area contributed by atoms with Crippen LogP contribution in [0.2, 0.25) is 0 Å². The first-order valence-corrected chi connectivity index (χ1v) is 13.0. The van der Waals surface area contributed by atoms with Crippen LogP contribution in [0.1, 0.15) is 73.4 Å². The molecule has 2 aromatic rings. The van der Waals surface area contributed by atoms with Gasteiger partial charge in [-0.15, -0.1) is 0 Å². The standard InChI is InChI=1S/C28H30F6N2O3/c1-15(2)26(25(37)35-13-16-7-18(27(29,30)31)10-19(8-16)28(32,33)34)6-5-20(12-26)36-22-4-3-17-9-23-24(11-21(17)22)39-14-38-23/h7-11,15,20,22,36H,3-6,12-14H2,1-2H3,(H,35,37)/t20-,22?,26+/m1/s1. The molecule has 39 heavy (non-hydrogen) atoms. The van der Waals surface area contributed by atoms with Crippen LogP contribution in [0.3, 0.4) is 0 Å². The average molecular weight is 557 g/mol. The number of fused-ring (bicyclic) bond motifs is 2. The van der Waals surface area contributed by atoms with E-state index in [2.05, 4.69) is 10.6 Å². The van der Waals surface area contributed by atoms with Crippen LogP contribution < -0.4 is 20.1 Å². The van der Waals surface area contributed by atoms with Gasteiger partial charge < -0.3 is 20.1 Å². The summed E-state index contributed by atoms with van der Waals surface area (Å²) in [6.45, 7) is 3.60. The second-order valence-electron chi connectivity index (χ2n) is 11.0. The number of carbonyl (C=O) groups excluding carboxylic acids is 1. The third-order valence-corrected chi connectivity index (χ3v) is 8.36. The van der Waals surface area contributed by atoms with Crippen LogP contribution in [-0.2, 0) is 30.1 Å². The van der Waals surface area contributed by atoms with Crippen molar-refractivity contribution in [3.8, 4) is 11.5 Å². The molecule has 1 fully saturated rings. The van der Waals surface area contributed by atoms with Gasteiger partial charge >= 0.3 is 12.4 Å². The minimum Gasteiger partial charge on any atom is -0.454 e. The van der Waals surface area contributed by atoms with E-state index in [4.69, 9.17) is 9.47 Å². The summed E-state index contributed by atoms with van der Waals surface area (Å²) in [7, 11) is 0. The number of nitrogens with one attached hydrogen (secondary N) is 2. The van der Waals surface area contributed by atoms with Crippen molar-refractivity contribution in [2.45, 2.75) is 76.9 Å². The number of hydrogen-bond donors (Lipinski definition) is 2. The van der Waals surface area contributed by atoms with Crippen LogP contribution in [0.4, 0.5) is 26.3 Å². The molecule has 1 heterocycles. The number of rotatable bonds is 6. The van der Waals surface area contributed by atoms with Crippen molar-refractivity contribution in [3.05, 3.63) is 58.1 Å². The number of carbonyl (C=O) groups is 1. The Morgan fingerprint density at radius 3 is 2.23 bits per heavy atom. The molecule has 2 aliphatic carbocycles. The van der Waals surface area contributed by atoms with Crippen LogP contribution in [-0.4, -0.2) is 18.7 Å². The fourth-order valence-corrected chi connectivity index (χ4v) is 6.14. The molecule has 0 radical (unpaired) electrons. The highest BCUT2D eigenvalue weighted by Crippen LogP contribution is 2.47. The van der Waals surface area contributed by atoms with Crippen molar-refractivity contribution < 1.29 is 40.6 Å². The Balaban J connectivity index is 1.28. The zero-order chi connectivity index (χ0) is 28.2. The monoisotopic (exact) mass is 556 g/mol. The first kappa shape index (κ1) is 27.6. The van der Waals surface area contributed by atoms with E-state index < -0.39 is 35.4 Å². The summed E-state index contributed by atoms with van der Waals surface area (Å²) in [6, 6.07) is 5.53. The maximum atomic E-state index is 13.4. The molecule has 0 bridgehead atoms. The summed E-state index contributed by atoms with van der Waals surface area (Å²) in [5.74, 6) is 1.02. The first-order valence-electron chi connectivity index (χ1n) is 13.0. The molecular weight excluding hydrogens is 526 g/mol. The van der Waals surface area contributed by atoms with Crippen molar-refractivity contribution in [2.24, 2.45) is 11.3 Å². The predicted octanol–water partition coefficient (Wildman–Crippen LogP) is 6.54. The van der Waals surface area contributed by atoms with Crippen molar-refractivity contribution in [2.75, 3.05) is 6.79 Å². The van der Waals surface area contributed by atoms with Gasteiger partial charge in [-0.1, -0.05) is 13.8 Å². The van der Waals surface area contributed by atoms with Gasteiger partial charge in [0.15, 0.2) is 11.5 Å². The number of hydrogen-bond acceptors (Lipinski definition) is 4. The molecule has 3 atom stereocenters. The van der Waals surface area contributed by atoms with E-state index >= 15 is 0 Å². The highest BCUT2D eigenvalue weighted by atomic mass is 19.4. The van der Waals surface area contributed by atoms with Crippen molar-refractivity contribution in [1.29, 1.82) is 0 Å². The molecule has 0 spiro atoms. The van der Waals surface area contributed by atoms with Crippen LogP contribution in [0.5, 0.6) is 11.5 Å². The van der Waals surface area contributed by atoms with Crippen molar-refractivity contribution in [3.63, 3.8) is 0 Å². The van der Waals surface area contributed by atoms with Gasteiger partial charge in [-0.2, -0.15) is 26.3 Å². The molecule has 212 valence electrons. The first-order chi connectivity index (χ1) is 18.3. The SMILES string of the molecule is CC(C)[C@]1(C(=O)NCc2cc(C(F)(F)F)cc(C(F)(F)F)c2)CC[C@@H](NC2CCc3cc4c(cc32)OCO4)C1. The molecule has 1 saturated carbocycles. The third kappa shape index (κ3) is 5.42. The fraction of sp³-hybridized carbons (Fsp3) is 0.536. The minimum atomic E-state index is -4.94. The van der Waals surface area contributed by atoms with E-state index in [1.54, 1.807) is 0 Å². The molecule has 2 N–H and O–H groups in total. The lowest BCUT2D eigenvalue weighted by molar-refractivity contribution is -0.143. The quantitative estimate of drug-likeness (QED) is 0.397. The lowest BCUT2D eigenvalue weighted by Crippen LogP contribution is -2.44. The van der Waals surface area contributed by atoms with Gasteiger partial charge in [0.25, 0.3) is 0 Å². The number of aryl methyl sites for hydroxylation is 1. The number of ether oxygens (including phenoxy) is 2. The lowest BCUT2D eigenvalue weighted by atomic mass is 9.74. The molecule has 3 aliphatic rings. The molecule has 0 saturated heterocycles. The summed E-state index contributed by atoms with van der Waals surface area (Å²) >= 11 is 0. The molecule has 11 heteroatoms. The Labute approximate surface area is 222 Å². The summed E-state index contributed by atoms with van der Waals surface area (Å²) in [4.78, 5) is 13.4. The van der Waals surface area contributed by atoms with Crippen LogP contribution in [0.25, 0.3) is 0 Å². The Morgan fingerprint density at radius 1 is 0.974 bits per heavy atom. The Bertz CT molecular complexity index is 1230. The average Bonchev–Trinajstić information content (AvgIpc) is 3.59. The van der Waals surface area contributed by atoms with Crippen molar-refractivity contribution >= 4 is 5.91 Å². The molecule has 5 nitrogen and oxygen atoms in total. The number of alkyl halides is 6. The summed E-state index contributed by atoms with van der Waals surface area (Å²) in [5.41, 5.74) is -1.49. The van der Waals surface area contributed by atoms with Gasteiger partial charge in [-0.05, 0) is 85.0 Å². The Morgan fingerprint density at radius 2 is 1.62 bits per heavy atom. The van der Waals surface area contributed by atoms with Gasteiger partial charge in [-0.25, -0.2) is 0 Å². The highest BCUT2D eigenvalue weighted by Gasteiger charge is 2.48. The second-order valence-corrected chi connectivity index (χ2v) is 11.0. The van der Waals surface area contributed by atoms with Gasteiger partial charge in [0, 0.05) is 18.6 Å². The molecule has 0 aromatic heterocycles. The molecule has 1 aliphatic heterocycles. The van der Waals surface area contributed by atoms with E-state index in [-0.39, 0.29) is 42.3 Å². The lowest BCUT2D eigenvalue weighted by Gasteiger charge is -2.33. The van der Waals surface area contributed by atoms with Crippen molar-refractivity contribution in [1.82, 2.24) is 10.6 Å². The molecular formula is C28H30F6N2O3. The summed E-state index contributed by atoms with van der Waals surface area (Å²) in [5, 5.41) is 6.33. The largest absolute Gasteiger partial charge is 0.454 e. The number of amides is 1. The maximum absolute atomic E-state index is 13.4. The predicted molar refractivity (Wildman–Crippen MR) is 130 cm³/mol. The molecule has 1 amide bonds. The van der Waals surface area contributed by atoms with Gasteiger partial charge in [-0.3, -0.25) is 4.79 Å². The van der Waals surface area contributed by atoms with Gasteiger partial charge in [0.1, 0.15) is 0 Å². The van der Waals surface area contributed by atoms with Gasteiger partial charge in [0.05, 0.1) is 16.5 Å². The zero-order valence-corrected chi connectivity index (χ0v) is 21.6. The van der Waals surface area contributed by atoms with E-state index in [1.807, 2.05) is 26.0 Å². The van der Waals surface area contributed by atoms with E-state index in [9.17, 15) is 31.1 Å². The highest BCUT2D eigenvalue weighted by molar-refractivity contribution is 5.83. The topological polar surface area (TPSA) is 59.6 Å². The normalized spacial score (nSPS) is 24.3. The smallest absolute Gasteiger partial charge is 0.416 e. The summed E-state index contributed by atoms with van der Waals surface area (Å²) in [6.07, 6.45) is -6.29. The van der Waals surface area contributed by atoms with Crippen LogP contribution >= 0.6 is 0 Å². The zero-order valence-electron chi connectivity index (χ0n) is 21.6. The van der Waals surface area contributed by atoms with E-state index in [0.717, 1.165) is 30.6 Å². The molecule has 1 unspecified atom stereocenters. The fourth-order valence-electron chi connectivity index (χ4n) is 6.14. The third-order valence-electron chi connectivity index (χ3n) is 8.36. The Hall–Kier alpha value is -2.95. The summed E-state index contributed by atoms with van der Waals surface area (Å²) < 4.78 is 90.4. The molecule has 2 aromatic carbocycles. The second kappa shape index (κ2) is 9.91. The number of benzene rings is 2. The maximum Gasteiger partial charge on any atom is 0.416 e. The number of halogens is 6. The van der Waals surface area contributed by atoms with Crippen LogP contribution in [0.15, 0.2) is 30.3 Å². The molecule has 5 rings (SSSR count). The minimum absolute atomic E-state index is 0.0323.